The van der Waals surface area contributed by atoms with Gasteiger partial charge in [-0.3, -0.25) is 0 Å². The summed E-state index contributed by atoms with van der Waals surface area (Å²) < 4.78 is 4.86. The molecule has 0 aliphatic carbocycles. The number of carbonyl (C=O) groups is 1. The zero-order valence-corrected chi connectivity index (χ0v) is 9.36. The summed E-state index contributed by atoms with van der Waals surface area (Å²) in [5.74, 6) is -0.313. The molecule has 0 aliphatic rings. The molecule has 0 aromatic heterocycles. The van der Waals surface area contributed by atoms with E-state index < -0.39 is 0 Å². The van der Waals surface area contributed by atoms with E-state index in [4.69, 9.17) is 10.00 Å². The van der Waals surface area contributed by atoms with Crippen molar-refractivity contribution >= 4 is 12.0 Å². The smallest absolute Gasteiger partial charge is 0.333 e. The summed E-state index contributed by atoms with van der Waals surface area (Å²) in [5, 5.41) is 8.63. The predicted molar refractivity (Wildman–Crippen MR) is 61.4 cm³/mol. The van der Waals surface area contributed by atoms with Crippen LogP contribution >= 0.6 is 0 Å². The molecule has 0 amide bonds. The number of ether oxygens (including phenoxy) is 1. The molecule has 82 valence electrons. The van der Waals surface area contributed by atoms with E-state index in [9.17, 15) is 4.79 Å². The summed E-state index contributed by atoms with van der Waals surface area (Å²) in [4.78, 5) is 11.3. The van der Waals surface area contributed by atoms with Gasteiger partial charge >= 0.3 is 5.97 Å². The van der Waals surface area contributed by atoms with Gasteiger partial charge in [-0.25, -0.2) is 4.79 Å². The molecule has 1 rings (SSSR count). The van der Waals surface area contributed by atoms with Crippen molar-refractivity contribution in [3.05, 3.63) is 41.0 Å². The van der Waals surface area contributed by atoms with Crippen molar-refractivity contribution in [3.63, 3.8) is 0 Å². The Labute approximate surface area is 95.0 Å². The lowest BCUT2D eigenvalue weighted by Crippen LogP contribution is -2.04. The highest BCUT2D eigenvalue weighted by Gasteiger charge is 2.03. The van der Waals surface area contributed by atoms with E-state index in [-0.39, 0.29) is 5.97 Å². The average Bonchev–Trinajstić information content (AvgIpc) is 2.30. The van der Waals surface area contributed by atoms with Gasteiger partial charge in [-0.15, -0.1) is 0 Å². The lowest BCUT2D eigenvalue weighted by molar-refractivity contribution is -0.138. The van der Waals surface area contributed by atoms with Crippen molar-refractivity contribution < 1.29 is 9.53 Å². The molecule has 3 nitrogen and oxygen atoms in total. The van der Waals surface area contributed by atoms with E-state index >= 15 is 0 Å². The molecule has 0 N–H and O–H groups in total. The van der Waals surface area contributed by atoms with Gasteiger partial charge in [0.05, 0.1) is 18.2 Å². The lowest BCUT2D eigenvalue weighted by atomic mass is 10.1. The van der Waals surface area contributed by atoms with Crippen molar-refractivity contribution in [1.29, 1.82) is 5.26 Å². The highest BCUT2D eigenvalue weighted by molar-refractivity contribution is 5.92. The van der Waals surface area contributed by atoms with E-state index in [1.54, 1.807) is 44.2 Å². The standard InChI is InChI=1S/C13H13NO2/c1-3-16-13(15)10(2)8-11-4-6-12(9-14)7-5-11/h4-8H,3H2,1-2H3/b10-8+. The van der Waals surface area contributed by atoms with Crippen LogP contribution in [0.15, 0.2) is 29.8 Å². The molecular weight excluding hydrogens is 202 g/mol. The molecule has 0 spiro atoms. The molecule has 0 saturated heterocycles. The largest absolute Gasteiger partial charge is 0.463 e. The first-order valence-electron chi connectivity index (χ1n) is 5.03. The van der Waals surface area contributed by atoms with Gasteiger partial charge in [0.2, 0.25) is 0 Å². The molecule has 0 saturated carbocycles. The Hall–Kier alpha value is -2.08. The summed E-state index contributed by atoms with van der Waals surface area (Å²) in [5.41, 5.74) is 2.03. The SMILES string of the molecule is CCOC(=O)/C(C)=C/c1ccc(C#N)cc1. The molecular formula is C13H13NO2. The first-order chi connectivity index (χ1) is 7.67. The highest BCUT2D eigenvalue weighted by Crippen LogP contribution is 2.09. The Morgan fingerprint density at radius 2 is 2.06 bits per heavy atom. The molecule has 0 fully saturated rings. The Kier molecular flexibility index (Phi) is 4.28. The van der Waals surface area contributed by atoms with Crippen molar-refractivity contribution in [2.24, 2.45) is 0 Å². The van der Waals surface area contributed by atoms with Gasteiger partial charge in [0, 0.05) is 5.57 Å². The second-order valence-electron chi connectivity index (χ2n) is 3.28. The summed E-state index contributed by atoms with van der Waals surface area (Å²) in [6, 6.07) is 9.05. The maximum atomic E-state index is 11.3. The molecule has 0 radical (unpaired) electrons. The Morgan fingerprint density at radius 3 is 2.56 bits per heavy atom. The fourth-order valence-electron chi connectivity index (χ4n) is 1.21. The topological polar surface area (TPSA) is 50.1 Å². The molecule has 0 bridgehead atoms. The zero-order chi connectivity index (χ0) is 12.0. The van der Waals surface area contributed by atoms with E-state index in [2.05, 4.69) is 0 Å². The minimum Gasteiger partial charge on any atom is -0.463 e. The fraction of sp³-hybridized carbons (Fsp3) is 0.231. The average molecular weight is 215 g/mol. The zero-order valence-electron chi connectivity index (χ0n) is 9.36. The van der Waals surface area contributed by atoms with Gasteiger partial charge < -0.3 is 4.74 Å². The van der Waals surface area contributed by atoms with E-state index in [0.29, 0.717) is 17.7 Å². The second kappa shape index (κ2) is 5.72. The third-order valence-corrected chi connectivity index (χ3v) is 2.02. The Morgan fingerprint density at radius 1 is 1.44 bits per heavy atom. The number of rotatable bonds is 3. The third kappa shape index (κ3) is 3.25. The Balaban J connectivity index is 2.82. The Bertz CT molecular complexity index is 438. The van der Waals surface area contributed by atoms with Crippen LogP contribution in [-0.4, -0.2) is 12.6 Å². The second-order valence-corrected chi connectivity index (χ2v) is 3.28. The molecule has 16 heavy (non-hydrogen) atoms. The van der Waals surface area contributed by atoms with Crippen LogP contribution in [0.1, 0.15) is 25.0 Å². The van der Waals surface area contributed by atoms with Gasteiger partial charge in [-0.05, 0) is 37.6 Å². The molecule has 0 heterocycles. The predicted octanol–water partition coefficient (Wildman–Crippen LogP) is 2.52. The van der Waals surface area contributed by atoms with Gasteiger partial charge in [0.15, 0.2) is 0 Å². The fourth-order valence-corrected chi connectivity index (χ4v) is 1.21. The maximum Gasteiger partial charge on any atom is 0.333 e. The number of carbonyl (C=O) groups excluding carboxylic acids is 1. The van der Waals surface area contributed by atoms with Gasteiger partial charge in [0.25, 0.3) is 0 Å². The van der Waals surface area contributed by atoms with Crippen LogP contribution in [0, 0.1) is 11.3 Å². The highest BCUT2D eigenvalue weighted by atomic mass is 16.5. The molecule has 0 atom stereocenters. The number of esters is 1. The number of benzene rings is 1. The maximum absolute atomic E-state index is 11.3. The van der Waals surface area contributed by atoms with Gasteiger partial charge in [-0.1, -0.05) is 12.1 Å². The van der Waals surface area contributed by atoms with Gasteiger partial charge in [-0.2, -0.15) is 5.26 Å². The lowest BCUT2D eigenvalue weighted by Gasteiger charge is -2.01. The summed E-state index contributed by atoms with van der Waals surface area (Å²) in [7, 11) is 0. The van der Waals surface area contributed by atoms with Crippen LogP contribution in [0.2, 0.25) is 0 Å². The van der Waals surface area contributed by atoms with Crippen LogP contribution in [0.3, 0.4) is 0 Å². The quantitative estimate of drug-likeness (QED) is 0.575. The monoisotopic (exact) mass is 215 g/mol. The number of hydrogen-bond donors (Lipinski definition) is 0. The van der Waals surface area contributed by atoms with Crippen molar-refractivity contribution in [2.75, 3.05) is 6.61 Å². The normalized spacial score (nSPS) is 10.7. The first-order valence-corrected chi connectivity index (χ1v) is 5.03. The first kappa shape index (κ1) is 12.0. The molecule has 0 aliphatic heterocycles. The third-order valence-electron chi connectivity index (χ3n) is 2.02. The minimum atomic E-state index is -0.313. The van der Waals surface area contributed by atoms with Crippen molar-refractivity contribution in [1.82, 2.24) is 0 Å². The minimum absolute atomic E-state index is 0.313. The summed E-state index contributed by atoms with van der Waals surface area (Å²) in [6.45, 7) is 3.85. The van der Waals surface area contributed by atoms with Crippen LogP contribution in [0.4, 0.5) is 0 Å². The van der Waals surface area contributed by atoms with Crippen molar-refractivity contribution in [3.8, 4) is 6.07 Å². The number of nitrogens with zero attached hydrogens (tertiary/aromatic N) is 1. The number of hydrogen-bond acceptors (Lipinski definition) is 3. The molecule has 1 aromatic rings. The van der Waals surface area contributed by atoms with Crippen LogP contribution in [0.5, 0.6) is 0 Å². The van der Waals surface area contributed by atoms with Crippen molar-refractivity contribution in [2.45, 2.75) is 13.8 Å². The molecule has 0 unspecified atom stereocenters. The van der Waals surface area contributed by atoms with E-state index in [1.165, 1.54) is 0 Å². The number of nitriles is 1. The van der Waals surface area contributed by atoms with Crippen LogP contribution in [0.25, 0.3) is 6.08 Å². The van der Waals surface area contributed by atoms with E-state index in [0.717, 1.165) is 5.56 Å². The molecule has 1 aromatic carbocycles. The van der Waals surface area contributed by atoms with E-state index in [1.807, 2.05) is 6.07 Å². The molecule has 3 heteroatoms. The summed E-state index contributed by atoms with van der Waals surface area (Å²) >= 11 is 0. The van der Waals surface area contributed by atoms with Gasteiger partial charge in [0.1, 0.15) is 0 Å². The van der Waals surface area contributed by atoms with Crippen LogP contribution in [-0.2, 0) is 9.53 Å². The van der Waals surface area contributed by atoms with Crippen LogP contribution < -0.4 is 0 Å². The summed E-state index contributed by atoms with van der Waals surface area (Å²) in [6.07, 6.45) is 1.74.